The molecule has 0 spiro atoms. The lowest BCUT2D eigenvalue weighted by Crippen LogP contribution is -1.94. The maximum Gasteiger partial charge on any atom is 0.303 e. The Balaban J connectivity index is 1.49. The molecule has 6 nitrogen and oxygen atoms in total. The summed E-state index contributed by atoms with van der Waals surface area (Å²) in [5.74, 6) is -0.682. The molecule has 0 amide bonds. The van der Waals surface area contributed by atoms with Crippen molar-refractivity contribution in [3.05, 3.63) is 96.4 Å². The minimum atomic E-state index is -0.682. The molecular weight excluding hydrogens is 645 g/mol. The number of hydrogen-bond acceptors (Lipinski definition) is 5. The van der Waals surface area contributed by atoms with E-state index in [0.29, 0.717) is 19.5 Å². The van der Waals surface area contributed by atoms with E-state index >= 15 is 0 Å². The predicted octanol–water partition coefficient (Wildman–Crippen LogP) is 12.7. The summed E-state index contributed by atoms with van der Waals surface area (Å²) in [4.78, 5) is 29.9. The molecule has 0 aliphatic carbocycles. The summed E-state index contributed by atoms with van der Waals surface area (Å²) in [6.07, 6.45) is 49.8. The molecule has 2 aromatic heterocycles. The van der Waals surface area contributed by atoms with Crippen LogP contribution in [0.1, 0.15) is 159 Å². The molecule has 2 rings (SSSR count). The maximum absolute atomic E-state index is 10.5. The first-order valence-electron chi connectivity index (χ1n) is 20.5. The number of aliphatic carboxylic acids is 1. The summed E-state index contributed by atoms with van der Waals surface area (Å²) in [6, 6.07) is 8.73. The molecule has 0 fully saturated rings. The second kappa shape index (κ2) is 33.1. The van der Waals surface area contributed by atoms with E-state index in [9.17, 15) is 9.59 Å². The van der Waals surface area contributed by atoms with Crippen LogP contribution in [0.4, 0.5) is 0 Å². The Morgan fingerprint density at radius 3 is 1.38 bits per heavy atom. The minimum Gasteiger partial charge on any atom is -0.481 e. The fourth-order valence-corrected chi connectivity index (χ4v) is 6.18. The van der Waals surface area contributed by atoms with Crippen LogP contribution in [0.5, 0.6) is 0 Å². The Labute approximate surface area is 316 Å². The SMILES string of the molecule is O=COCCCCCCCC=CCC=CCCCCCc1ccnc(-c2cc(CCCCCC=CCC=CCCCCCCCC(=O)O)ccn2)c1. The van der Waals surface area contributed by atoms with Gasteiger partial charge in [0, 0.05) is 18.8 Å². The van der Waals surface area contributed by atoms with Crippen LogP contribution in [0.25, 0.3) is 11.4 Å². The van der Waals surface area contributed by atoms with Crippen LogP contribution in [-0.4, -0.2) is 34.1 Å². The topological polar surface area (TPSA) is 89.4 Å². The quantitative estimate of drug-likeness (QED) is 0.0441. The Bertz CT molecular complexity index is 1300. The van der Waals surface area contributed by atoms with Crippen molar-refractivity contribution in [1.82, 2.24) is 9.97 Å². The third-order valence-corrected chi connectivity index (χ3v) is 9.26. The second-order valence-corrected chi connectivity index (χ2v) is 13.9. The van der Waals surface area contributed by atoms with Crippen molar-refractivity contribution in [1.29, 1.82) is 0 Å². The Morgan fingerprint density at radius 1 is 0.538 bits per heavy atom. The van der Waals surface area contributed by atoms with Gasteiger partial charge >= 0.3 is 5.97 Å². The lowest BCUT2D eigenvalue weighted by atomic mass is 10.0. The zero-order valence-corrected chi connectivity index (χ0v) is 32.1. The minimum absolute atomic E-state index is 0.304. The summed E-state index contributed by atoms with van der Waals surface area (Å²) < 4.78 is 4.72. The van der Waals surface area contributed by atoms with Gasteiger partial charge in [-0.25, -0.2) is 0 Å². The number of carboxylic acid groups (broad SMARTS) is 1. The molecule has 0 aromatic carbocycles. The van der Waals surface area contributed by atoms with E-state index in [0.717, 1.165) is 94.9 Å². The molecule has 0 saturated carbocycles. The Morgan fingerprint density at radius 2 is 0.942 bits per heavy atom. The number of carbonyl (C=O) groups excluding carboxylic acids is 1. The fourth-order valence-electron chi connectivity index (χ4n) is 6.18. The van der Waals surface area contributed by atoms with Crippen molar-refractivity contribution in [2.75, 3.05) is 6.61 Å². The van der Waals surface area contributed by atoms with Gasteiger partial charge in [-0.2, -0.15) is 0 Å². The predicted molar refractivity (Wildman–Crippen MR) is 217 cm³/mol. The highest BCUT2D eigenvalue weighted by atomic mass is 16.5. The van der Waals surface area contributed by atoms with Crippen LogP contribution in [0.3, 0.4) is 0 Å². The molecule has 0 aliphatic rings. The van der Waals surface area contributed by atoms with Crippen molar-refractivity contribution in [3.8, 4) is 11.4 Å². The van der Waals surface area contributed by atoms with Crippen LogP contribution < -0.4 is 0 Å². The van der Waals surface area contributed by atoms with Gasteiger partial charge in [0.2, 0.25) is 0 Å². The lowest BCUT2D eigenvalue weighted by Gasteiger charge is -2.07. The van der Waals surface area contributed by atoms with E-state index < -0.39 is 5.97 Å². The molecule has 0 radical (unpaired) electrons. The highest BCUT2D eigenvalue weighted by molar-refractivity contribution is 5.66. The normalized spacial score (nSPS) is 11.8. The van der Waals surface area contributed by atoms with E-state index in [4.69, 9.17) is 9.84 Å². The number of ether oxygens (including phenoxy) is 1. The van der Waals surface area contributed by atoms with Crippen LogP contribution in [-0.2, 0) is 27.2 Å². The highest BCUT2D eigenvalue weighted by Crippen LogP contribution is 2.20. The summed E-state index contributed by atoms with van der Waals surface area (Å²) in [7, 11) is 0. The largest absolute Gasteiger partial charge is 0.481 e. The van der Waals surface area contributed by atoms with Crippen LogP contribution in [0, 0.1) is 0 Å². The van der Waals surface area contributed by atoms with Gasteiger partial charge in [0.15, 0.2) is 0 Å². The smallest absolute Gasteiger partial charge is 0.303 e. The number of rotatable bonds is 34. The van der Waals surface area contributed by atoms with Crippen molar-refractivity contribution in [2.45, 2.75) is 161 Å². The van der Waals surface area contributed by atoms with E-state index in [-0.39, 0.29) is 0 Å². The van der Waals surface area contributed by atoms with Gasteiger partial charge in [-0.05, 0) is 138 Å². The van der Waals surface area contributed by atoms with E-state index in [1.807, 2.05) is 12.4 Å². The molecule has 0 saturated heterocycles. The lowest BCUT2D eigenvalue weighted by molar-refractivity contribution is -0.137. The van der Waals surface area contributed by atoms with E-state index in [1.165, 1.54) is 81.8 Å². The Kier molecular flexibility index (Phi) is 28.2. The molecular formula is C46H68N2O4. The molecule has 2 aromatic rings. The zero-order valence-electron chi connectivity index (χ0n) is 32.1. The van der Waals surface area contributed by atoms with Crippen LogP contribution >= 0.6 is 0 Å². The van der Waals surface area contributed by atoms with Gasteiger partial charge in [-0.1, -0.05) is 100.0 Å². The molecule has 0 unspecified atom stereocenters. The van der Waals surface area contributed by atoms with Crippen molar-refractivity contribution >= 4 is 12.4 Å². The fraction of sp³-hybridized carbons (Fsp3) is 0.565. The average molecular weight is 713 g/mol. The third kappa shape index (κ3) is 26.0. The number of carboxylic acids is 1. The van der Waals surface area contributed by atoms with Crippen molar-refractivity contribution in [3.63, 3.8) is 0 Å². The zero-order chi connectivity index (χ0) is 37.0. The second-order valence-electron chi connectivity index (χ2n) is 13.9. The molecule has 1 N–H and O–H groups in total. The molecule has 2 heterocycles. The van der Waals surface area contributed by atoms with Gasteiger partial charge < -0.3 is 9.84 Å². The summed E-state index contributed by atoms with van der Waals surface area (Å²) in [6.45, 7) is 1.09. The van der Waals surface area contributed by atoms with Crippen LogP contribution in [0.2, 0.25) is 0 Å². The van der Waals surface area contributed by atoms with E-state index in [1.54, 1.807) is 0 Å². The van der Waals surface area contributed by atoms with Gasteiger partial charge in [0.1, 0.15) is 0 Å². The third-order valence-electron chi connectivity index (χ3n) is 9.26. The molecule has 6 heteroatoms. The first-order valence-corrected chi connectivity index (χ1v) is 20.5. The van der Waals surface area contributed by atoms with Gasteiger partial charge in [0.05, 0.1) is 18.0 Å². The number of allylic oxidation sites excluding steroid dienone is 8. The molecule has 286 valence electrons. The number of aromatic nitrogens is 2. The van der Waals surface area contributed by atoms with Gasteiger partial charge in [-0.3, -0.25) is 19.6 Å². The Hall–Kier alpha value is -3.80. The molecule has 0 atom stereocenters. The number of unbranched alkanes of at least 4 members (excludes halogenated alkanes) is 16. The number of aryl methyl sites for hydroxylation is 2. The monoisotopic (exact) mass is 713 g/mol. The highest BCUT2D eigenvalue weighted by Gasteiger charge is 2.05. The molecule has 0 bridgehead atoms. The van der Waals surface area contributed by atoms with Gasteiger partial charge in [0.25, 0.3) is 6.47 Å². The van der Waals surface area contributed by atoms with Gasteiger partial charge in [-0.15, -0.1) is 0 Å². The number of hydrogen-bond donors (Lipinski definition) is 1. The van der Waals surface area contributed by atoms with Crippen molar-refractivity contribution in [2.24, 2.45) is 0 Å². The average Bonchev–Trinajstić information content (AvgIpc) is 3.15. The summed E-state index contributed by atoms with van der Waals surface area (Å²) in [5, 5.41) is 8.67. The first kappa shape index (κ1) is 44.4. The van der Waals surface area contributed by atoms with Crippen LogP contribution in [0.15, 0.2) is 85.3 Å². The maximum atomic E-state index is 10.5. The molecule has 52 heavy (non-hydrogen) atoms. The summed E-state index contributed by atoms with van der Waals surface area (Å²) >= 11 is 0. The standard InChI is InChI=1S/C46H68N2O4/c49-41-52-38-30-26-22-18-14-10-6-2-4-8-12-16-20-24-28-32-43-35-37-48-45(40-43)44-39-42(34-36-47-44)31-27-23-19-15-11-7-3-1-5-9-13-17-21-25-29-33-46(50)51/h1-2,5-8,11-12,34-37,39-41H,3-4,9-10,13-33,38H2,(H,50,51). The number of carbonyl (C=O) groups is 2. The number of pyridine rings is 2. The van der Waals surface area contributed by atoms with E-state index in [2.05, 4.69) is 82.8 Å². The number of nitrogens with zero attached hydrogens (tertiary/aromatic N) is 2. The summed E-state index contributed by atoms with van der Waals surface area (Å²) in [5.41, 5.74) is 4.63. The molecule has 0 aliphatic heterocycles. The first-order chi connectivity index (χ1) is 25.7. The van der Waals surface area contributed by atoms with Crippen molar-refractivity contribution < 1.29 is 19.4 Å².